The van der Waals surface area contributed by atoms with E-state index in [4.69, 9.17) is 12.2 Å². The largest absolute Gasteiger partial charge is 0.369 e. The Bertz CT molecular complexity index is 802. The van der Waals surface area contributed by atoms with Crippen LogP contribution < -0.4 is 16.0 Å². The van der Waals surface area contributed by atoms with Crippen LogP contribution in [-0.4, -0.2) is 30.9 Å². The van der Waals surface area contributed by atoms with Crippen molar-refractivity contribution in [1.82, 2.24) is 5.32 Å². The molecule has 1 fully saturated rings. The maximum absolute atomic E-state index is 11.7. The van der Waals surface area contributed by atoms with E-state index in [1.807, 2.05) is 12.1 Å². The van der Waals surface area contributed by atoms with Crippen molar-refractivity contribution in [3.05, 3.63) is 34.4 Å². The molecule has 0 bridgehead atoms. The Morgan fingerprint density at radius 1 is 1.38 bits per heavy atom. The molecule has 5 nitrogen and oxygen atoms in total. The Labute approximate surface area is 141 Å². The lowest BCUT2D eigenvalue weighted by Gasteiger charge is -2.23. The van der Waals surface area contributed by atoms with Gasteiger partial charge in [-0.2, -0.15) is 0 Å². The predicted octanol–water partition coefficient (Wildman–Crippen LogP) is 1.46. The number of hydrogen-bond acceptors (Lipinski definition) is 3. The van der Waals surface area contributed by atoms with Crippen molar-refractivity contribution in [3.63, 3.8) is 0 Å². The average molecular weight is 323 g/mol. The van der Waals surface area contributed by atoms with Crippen LogP contribution in [0.5, 0.6) is 0 Å². The molecule has 1 aliphatic carbocycles. The van der Waals surface area contributed by atoms with Gasteiger partial charge in [-0.25, -0.2) is 0 Å². The SMILES string of the molecule is C#CC(=O)N[C@@H]1CCN(c2ccc(C(N)=O)c3c2C(C)=C(C)C3)C1. The fourth-order valence-electron chi connectivity index (χ4n) is 3.67. The van der Waals surface area contributed by atoms with Crippen LogP contribution >= 0.6 is 0 Å². The minimum atomic E-state index is -0.388. The van der Waals surface area contributed by atoms with Gasteiger partial charge in [-0.15, -0.1) is 6.42 Å². The van der Waals surface area contributed by atoms with Crippen LogP contribution in [0.4, 0.5) is 5.69 Å². The van der Waals surface area contributed by atoms with Crippen molar-refractivity contribution >= 4 is 23.1 Å². The van der Waals surface area contributed by atoms with Gasteiger partial charge in [0.1, 0.15) is 0 Å². The number of fused-ring (bicyclic) bond motifs is 1. The molecule has 0 saturated carbocycles. The van der Waals surface area contributed by atoms with Gasteiger partial charge < -0.3 is 16.0 Å². The Balaban J connectivity index is 1.94. The minimum Gasteiger partial charge on any atom is -0.369 e. The van der Waals surface area contributed by atoms with Crippen LogP contribution in [0.15, 0.2) is 17.7 Å². The fraction of sp³-hybridized carbons (Fsp3) is 0.368. The number of anilines is 1. The summed E-state index contributed by atoms with van der Waals surface area (Å²) in [5.41, 5.74) is 11.8. The van der Waals surface area contributed by atoms with Crippen LogP contribution in [-0.2, 0) is 11.2 Å². The molecule has 124 valence electrons. The van der Waals surface area contributed by atoms with E-state index in [0.717, 1.165) is 36.2 Å². The number of nitrogens with one attached hydrogen (secondary N) is 1. The topological polar surface area (TPSA) is 75.4 Å². The van der Waals surface area contributed by atoms with E-state index in [1.165, 1.54) is 11.1 Å². The van der Waals surface area contributed by atoms with Gasteiger partial charge in [0, 0.05) is 35.9 Å². The third kappa shape index (κ3) is 2.65. The quantitative estimate of drug-likeness (QED) is 0.827. The summed E-state index contributed by atoms with van der Waals surface area (Å²) in [6.07, 6.45) is 6.73. The molecule has 0 radical (unpaired) electrons. The number of hydrogen-bond donors (Lipinski definition) is 2. The molecule has 1 aromatic rings. The number of nitrogens with two attached hydrogens (primary N) is 1. The first-order valence-electron chi connectivity index (χ1n) is 8.06. The lowest BCUT2D eigenvalue weighted by atomic mass is 9.97. The third-order valence-electron chi connectivity index (χ3n) is 5.01. The summed E-state index contributed by atoms with van der Waals surface area (Å²) in [5.74, 6) is 1.33. The van der Waals surface area contributed by atoms with Crippen LogP contribution in [0, 0.1) is 12.3 Å². The predicted molar refractivity (Wildman–Crippen MR) is 94.5 cm³/mol. The summed E-state index contributed by atoms with van der Waals surface area (Å²) in [6, 6.07) is 3.83. The van der Waals surface area contributed by atoms with Gasteiger partial charge in [-0.1, -0.05) is 5.57 Å². The van der Waals surface area contributed by atoms with E-state index in [1.54, 1.807) is 0 Å². The monoisotopic (exact) mass is 323 g/mol. The number of carbonyl (C=O) groups excluding carboxylic acids is 2. The summed E-state index contributed by atoms with van der Waals surface area (Å²) in [5, 5.41) is 2.84. The number of carbonyl (C=O) groups is 2. The highest BCUT2D eigenvalue weighted by Crippen LogP contribution is 2.41. The molecule has 1 heterocycles. The van der Waals surface area contributed by atoms with Crippen molar-refractivity contribution in [2.24, 2.45) is 5.73 Å². The van der Waals surface area contributed by atoms with Gasteiger partial charge >= 0.3 is 0 Å². The molecule has 0 unspecified atom stereocenters. The van der Waals surface area contributed by atoms with Crippen LogP contribution in [0.25, 0.3) is 5.57 Å². The van der Waals surface area contributed by atoms with E-state index in [0.29, 0.717) is 12.1 Å². The molecule has 5 heteroatoms. The Hall–Kier alpha value is -2.74. The van der Waals surface area contributed by atoms with E-state index in [9.17, 15) is 9.59 Å². The van der Waals surface area contributed by atoms with Crippen LogP contribution in [0.2, 0.25) is 0 Å². The van der Waals surface area contributed by atoms with Gasteiger partial charge in [-0.3, -0.25) is 9.59 Å². The third-order valence-corrected chi connectivity index (χ3v) is 5.01. The first kappa shape index (κ1) is 16.1. The van der Waals surface area contributed by atoms with Gasteiger partial charge in [0.2, 0.25) is 5.91 Å². The summed E-state index contributed by atoms with van der Waals surface area (Å²) in [4.78, 5) is 25.4. The molecule has 1 atom stereocenters. The molecule has 2 amide bonds. The molecule has 1 saturated heterocycles. The number of terminal acetylenes is 1. The standard InChI is InChI=1S/C19H21N3O2/c1-4-17(23)21-13-7-8-22(10-13)16-6-5-14(19(20)24)15-9-11(2)12(3)18(15)16/h1,5-6,13H,7-10H2,2-3H3,(H2,20,24)(H,21,23)/t13-/m1/s1. The first-order chi connectivity index (χ1) is 11.4. The normalized spacial score (nSPS) is 19.2. The number of nitrogens with zero attached hydrogens (tertiary/aromatic N) is 1. The summed E-state index contributed by atoms with van der Waals surface area (Å²) in [6.45, 7) is 5.72. The number of benzene rings is 1. The highest BCUT2D eigenvalue weighted by Gasteiger charge is 2.30. The molecule has 0 spiro atoms. The molecule has 2 aliphatic rings. The molecule has 24 heavy (non-hydrogen) atoms. The Kier molecular flexibility index (Phi) is 4.06. The van der Waals surface area contributed by atoms with E-state index in [2.05, 4.69) is 30.0 Å². The zero-order valence-corrected chi connectivity index (χ0v) is 14.0. The highest BCUT2D eigenvalue weighted by molar-refractivity contribution is 5.99. The van der Waals surface area contributed by atoms with E-state index < -0.39 is 0 Å². The van der Waals surface area contributed by atoms with Crippen LogP contribution in [0.3, 0.4) is 0 Å². The van der Waals surface area contributed by atoms with Crippen molar-refractivity contribution in [2.75, 3.05) is 18.0 Å². The van der Waals surface area contributed by atoms with Crippen molar-refractivity contribution in [1.29, 1.82) is 0 Å². The first-order valence-corrected chi connectivity index (χ1v) is 8.06. The van der Waals surface area contributed by atoms with E-state index in [-0.39, 0.29) is 17.9 Å². The molecular weight excluding hydrogens is 302 g/mol. The van der Waals surface area contributed by atoms with Crippen molar-refractivity contribution in [3.8, 4) is 12.3 Å². The van der Waals surface area contributed by atoms with Crippen LogP contribution in [0.1, 0.15) is 41.8 Å². The summed E-state index contributed by atoms with van der Waals surface area (Å²) >= 11 is 0. The van der Waals surface area contributed by atoms with Crippen molar-refractivity contribution in [2.45, 2.75) is 32.7 Å². The lowest BCUT2D eigenvalue weighted by Crippen LogP contribution is -2.36. The molecule has 3 rings (SSSR count). The smallest absolute Gasteiger partial charge is 0.295 e. The molecule has 3 N–H and O–H groups in total. The highest BCUT2D eigenvalue weighted by atomic mass is 16.1. The van der Waals surface area contributed by atoms with Gasteiger partial charge in [0.05, 0.1) is 0 Å². The second kappa shape index (κ2) is 6.04. The number of primary amides is 1. The molecule has 1 aromatic carbocycles. The lowest BCUT2D eigenvalue weighted by molar-refractivity contribution is -0.116. The molecular formula is C19H21N3O2. The van der Waals surface area contributed by atoms with Gasteiger partial charge in [-0.05, 0) is 55.9 Å². The zero-order valence-electron chi connectivity index (χ0n) is 14.0. The summed E-state index contributed by atoms with van der Waals surface area (Å²) < 4.78 is 0. The maximum Gasteiger partial charge on any atom is 0.295 e. The molecule has 0 aromatic heterocycles. The zero-order chi connectivity index (χ0) is 17.4. The number of amides is 2. The minimum absolute atomic E-state index is 0.0480. The number of rotatable bonds is 3. The average Bonchev–Trinajstić information content (AvgIpc) is 3.12. The fourth-order valence-corrected chi connectivity index (χ4v) is 3.67. The summed E-state index contributed by atoms with van der Waals surface area (Å²) in [7, 11) is 0. The van der Waals surface area contributed by atoms with Crippen molar-refractivity contribution < 1.29 is 9.59 Å². The van der Waals surface area contributed by atoms with E-state index >= 15 is 0 Å². The second-order valence-corrected chi connectivity index (χ2v) is 6.48. The maximum atomic E-state index is 11.7. The van der Waals surface area contributed by atoms with Gasteiger partial charge in [0.25, 0.3) is 5.91 Å². The van der Waals surface area contributed by atoms with Gasteiger partial charge in [0.15, 0.2) is 0 Å². The Morgan fingerprint density at radius 2 is 2.12 bits per heavy atom. The number of allylic oxidation sites excluding steroid dienone is 2. The molecule has 1 aliphatic heterocycles. The second-order valence-electron chi connectivity index (χ2n) is 6.48. The Morgan fingerprint density at radius 3 is 2.79 bits per heavy atom.